The molecule has 3 rings (SSSR count). The van der Waals surface area contributed by atoms with Crippen molar-refractivity contribution in [1.29, 1.82) is 0 Å². The van der Waals surface area contributed by atoms with Crippen LogP contribution in [0.3, 0.4) is 0 Å². The number of aromatic nitrogens is 3. The molecular weight excluding hydrogens is 264 g/mol. The van der Waals surface area contributed by atoms with Crippen LogP contribution in [0.1, 0.15) is 32.0 Å². The summed E-state index contributed by atoms with van der Waals surface area (Å²) in [7, 11) is 0. The van der Waals surface area contributed by atoms with Crippen molar-refractivity contribution < 1.29 is 0 Å². The standard InChI is InChI=1S/C15H22N6/c1-2-16-15(17-9-8-12-6-7-12)18-11-14-20-19-13-5-3-4-10-21(13)14/h3-5,10,12H,2,6-9,11H2,1H3,(H2,16,17,18). The SMILES string of the molecule is CCNC(=NCc1nnc2ccccn12)NCCC1CC1. The summed E-state index contributed by atoms with van der Waals surface area (Å²) in [5.74, 6) is 2.64. The topological polar surface area (TPSA) is 66.6 Å². The van der Waals surface area contributed by atoms with Crippen molar-refractivity contribution in [3.05, 3.63) is 30.2 Å². The third kappa shape index (κ3) is 3.71. The Labute approximate surface area is 124 Å². The molecule has 0 aromatic carbocycles. The maximum atomic E-state index is 4.59. The van der Waals surface area contributed by atoms with Gasteiger partial charge in [-0.2, -0.15) is 0 Å². The van der Waals surface area contributed by atoms with Gasteiger partial charge in [-0.15, -0.1) is 10.2 Å². The minimum atomic E-state index is 0.518. The van der Waals surface area contributed by atoms with Gasteiger partial charge in [0.25, 0.3) is 0 Å². The summed E-state index contributed by atoms with van der Waals surface area (Å²) < 4.78 is 1.97. The van der Waals surface area contributed by atoms with Gasteiger partial charge in [0.15, 0.2) is 17.4 Å². The van der Waals surface area contributed by atoms with Crippen LogP contribution in [0.25, 0.3) is 5.65 Å². The Bertz CT molecular complexity index is 613. The Morgan fingerprint density at radius 3 is 3.05 bits per heavy atom. The number of guanidine groups is 1. The van der Waals surface area contributed by atoms with Gasteiger partial charge in [-0.25, -0.2) is 4.99 Å². The molecule has 0 unspecified atom stereocenters. The van der Waals surface area contributed by atoms with E-state index in [1.54, 1.807) is 0 Å². The first-order chi connectivity index (χ1) is 10.4. The summed E-state index contributed by atoms with van der Waals surface area (Å²) in [6.45, 7) is 4.43. The summed E-state index contributed by atoms with van der Waals surface area (Å²) in [6.07, 6.45) is 5.98. The average molecular weight is 286 g/mol. The highest BCUT2D eigenvalue weighted by Gasteiger charge is 2.20. The molecule has 2 aromatic rings. The second kappa shape index (κ2) is 6.56. The highest BCUT2D eigenvalue weighted by atomic mass is 15.3. The van der Waals surface area contributed by atoms with Crippen LogP contribution in [0.5, 0.6) is 0 Å². The van der Waals surface area contributed by atoms with Gasteiger partial charge in [-0.05, 0) is 31.4 Å². The van der Waals surface area contributed by atoms with Crippen molar-refractivity contribution >= 4 is 11.6 Å². The second-order valence-electron chi connectivity index (χ2n) is 5.40. The molecule has 6 heteroatoms. The molecule has 0 bridgehead atoms. The molecule has 0 saturated heterocycles. The van der Waals surface area contributed by atoms with Gasteiger partial charge in [0, 0.05) is 19.3 Å². The minimum absolute atomic E-state index is 0.518. The van der Waals surface area contributed by atoms with E-state index in [1.807, 2.05) is 28.8 Å². The molecule has 0 spiro atoms. The van der Waals surface area contributed by atoms with E-state index in [0.29, 0.717) is 6.54 Å². The zero-order valence-corrected chi connectivity index (χ0v) is 12.4. The molecule has 0 aliphatic heterocycles. The van der Waals surface area contributed by atoms with Crippen LogP contribution in [-0.2, 0) is 6.54 Å². The zero-order valence-electron chi connectivity index (χ0n) is 12.4. The van der Waals surface area contributed by atoms with E-state index in [4.69, 9.17) is 0 Å². The molecule has 2 N–H and O–H groups in total. The Hall–Kier alpha value is -2.11. The Morgan fingerprint density at radius 2 is 2.24 bits per heavy atom. The van der Waals surface area contributed by atoms with Gasteiger partial charge < -0.3 is 10.6 Å². The summed E-state index contributed by atoms with van der Waals surface area (Å²) in [4.78, 5) is 4.59. The molecule has 21 heavy (non-hydrogen) atoms. The van der Waals surface area contributed by atoms with Crippen molar-refractivity contribution in [1.82, 2.24) is 25.2 Å². The van der Waals surface area contributed by atoms with Crippen LogP contribution in [0.2, 0.25) is 0 Å². The number of pyridine rings is 1. The lowest BCUT2D eigenvalue weighted by Gasteiger charge is -2.10. The van der Waals surface area contributed by atoms with Crippen molar-refractivity contribution in [2.24, 2.45) is 10.9 Å². The maximum absolute atomic E-state index is 4.59. The molecule has 2 heterocycles. The number of hydrogen-bond acceptors (Lipinski definition) is 3. The molecule has 0 amide bonds. The fraction of sp³-hybridized carbons (Fsp3) is 0.533. The van der Waals surface area contributed by atoms with Crippen LogP contribution >= 0.6 is 0 Å². The lowest BCUT2D eigenvalue weighted by atomic mass is 10.3. The highest BCUT2D eigenvalue weighted by Crippen LogP contribution is 2.31. The Balaban J connectivity index is 1.62. The predicted octanol–water partition coefficient (Wildman–Crippen LogP) is 1.58. The number of rotatable bonds is 6. The van der Waals surface area contributed by atoms with Gasteiger partial charge in [0.1, 0.15) is 6.54 Å². The molecule has 2 aromatic heterocycles. The number of nitrogens with zero attached hydrogens (tertiary/aromatic N) is 4. The summed E-state index contributed by atoms with van der Waals surface area (Å²) in [6, 6.07) is 5.88. The normalized spacial score (nSPS) is 15.4. The lowest BCUT2D eigenvalue weighted by Crippen LogP contribution is -2.37. The zero-order chi connectivity index (χ0) is 14.5. The quantitative estimate of drug-likeness (QED) is 0.625. The molecule has 1 aliphatic carbocycles. The number of nitrogens with one attached hydrogen (secondary N) is 2. The van der Waals surface area contributed by atoms with Gasteiger partial charge in [-0.1, -0.05) is 18.9 Å². The van der Waals surface area contributed by atoms with E-state index in [0.717, 1.165) is 36.4 Å². The van der Waals surface area contributed by atoms with Crippen LogP contribution < -0.4 is 10.6 Å². The first kappa shape index (κ1) is 13.9. The van der Waals surface area contributed by atoms with Crippen molar-refractivity contribution in [2.75, 3.05) is 13.1 Å². The molecule has 1 saturated carbocycles. The minimum Gasteiger partial charge on any atom is -0.357 e. The molecule has 112 valence electrons. The van der Waals surface area contributed by atoms with Crippen LogP contribution in [0.4, 0.5) is 0 Å². The fourth-order valence-electron chi connectivity index (χ4n) is 2.29. The van der Waals surface area contributed by atoms with E-state index in [2.05, 4.69) is 32.7 Å². The summed E-state index contributed by atoms with van der Waals surface area (Å²) >= 11 is 0. The van der Waals surface area contributed by atoms with Gasteiger partial charge in [0.05, 0.1) is 0 Å². The van der Waals surface area contributed by atoms with Crippen molar-refractivity contribution in [3.8, 4) is 0 Å². The average Bonchev–Trinajstić information content (AvgIpc) is 3.24. The third-order valence-corrected chi connectivity index (χ3v) is 3.65. The van der Waals surface area contributed by atoms with Crippen molar-refractivity contribution in [2.45, 2.75) is 32.7 Å². The van der Waals surface area contributed by atoms with Gasteiger partial charge in [0.2, 0.25) is 0 Å². The second-order valence-corrected chi connectivity index (χ2v) is 5.40. The summed E-state index contributed by atoms with van der Waals surface area (Å²) in [5, 5.41) is 15.0. The molecular formula is C15H22N6. The predicted molar refractivity (Wildman–Crippen MR) is 83.1 cm³/mol. The monoisotopic (exact) mass is 286 g/mol. The fourth-order valence-corrected chi connectivity index (χ4v) is 2.29. The number of aliphatic imine (C=N–C) groups is 1. The highest BCUT2D eigenvalue weighted by molar-refractivity contribution is 5.79. The maximum Gasteiger partial charge on any atom is 0.191 e. The van der Waals surface area contributed by atoms with Crippen LogP contribution in [0, 0.1) is 5.92 Å². The Morgan fingerprint density at radius 1 is 1.33 bits per heavy atom. The number of fused-ring (bicyclic) bond motifs is 1. The lowest BCUT2D eigenvalue weighted by molar-refractivity contribution is 0.684. The van der Waals surface area contributed by atoms with Gasteiger partial charge in [-0.3, -0.25) is 4.40 Å². The molecule has 1 fully saturated rings. The van der Waals surface area contributed by atoms with E-state index < -0.39 is 0 Å². The van der Waals surface area contributed by atoms with Crippen molar-refractivity contribution in [3.63, 3.8) is 0 Å². The third-order valence-electron chi connectivity index (χ3n) is 3.65. The molecule has 6 nitrogen and oxygen atoms in total. The molecule has 0 radical (unpaired) electrons. The largest absolute Gasteiger partial charge is 0.357 e. The van der Waals surface area contributed by atoms with Crippen LogP contribution in [0.15, 0.2) is 29.4 Å². The Kier molecular flexibility index (Phi) is 4.33. The van der Waals surface area contributed by atoms with E-state index >= 15 is 0 Å². The number of hydrogen-bond donors (Lipinski definition) is 2. The van der Waals surface area contributed by atoms with E-state index in [-0.39, 0.29) is 0 Å². The molecule has 0 atom stereocenters. The van der Waals surface area contributed by atoms with E-state index in [9.17, 15) is 0 Å². The van der Waals surface area contributed by atoms with E-state index in [1.165, 1.54) is 19.3 Å². The first-order valence-corrected chi connectivity index (χ1v) is 7.67. The van der Waals surface area contributed by atoms with Crippen LogP contribution in [-0.4, -0.2) is 33.6 Å². The summed E-state index contributed by atoms with van der Waals surface area (Å²) in [5.41, 5.74) is 0.856. The first-order valence-electron chi connectivity index (χ1n) is 7.67. The smallest absolute Gasteiger partial charge is 0.191 e. The molecule has 1 aliphatic rings. The van der Waals surface area contributed by atoms with Gasteiger partial charge >= 0.3 is 0 Å².